The predicted octanol–water partition coefficient (Wildman–Crippen LogP) is 3.72. The molecule has 0 spiro atoms. The van der Waals surface area contributed by atoms with Crippen molar-refractivity contribution in [2.75, 3.05) is 18.9 Å². The van der Waals surface area contributed by atoms with E-state index in [1.54, 1.807) is 12.1 Å². The first-order valence-electron chi connectivity index (χ1n) is 7.89. The number of likely N-dealkylation sites (N-methyl/N-ethyl adjacent to an activating group) is 1. The first-order chi connectivity index (χ1) is 12.1. The zero-order chi connectivity index (χ0) is 17.8. The van der Waals surface area contributed by atoms with E-state index in [-0.39, 0.29) is 16.9 Å². The fourth-order valence-corrected chi connectivity index (χ4v) is 2.72. The highest BCUT2D eigenvalue weighted by molar-refractivity contribution is 6.32. The molecule has 0 saturated carbocycles. The number of anilines is 2. The number of rotatable bonds is 6. The lowest BCUT2D eigenvalue weighted by Gasteiger charge is -2.17. The first-order valence-corrected chi connectivity index (χ1v) is 8.27. The number of nitrogens with zero attached hydrogens (tertiary/aromatic N) is 2. The zero-order valence-electron chi connectivity index (χ0n) is 14.0. The Balaban J connectivity index is 2.01. The van der Waals surface area contributed by atoms with Gasteiger partial charge in [0.05, 0.1) is 15.9 Å². The maximum Gasteiger partial charge on any atom is 0.145 e. The second kappa shape index (κ2) is 7.55. The van der Waals surface area contributed by atoms with E-state index in [1.165, 1.54) is 12.4 Å². The van der Waals surface area contributed by atoms with Crippen molar-refractivity contribution >= 4 is 34.0 Å². The molecule has 1 atom stereocenters. The Kier molecular flexibility index (Phi) is 5.21. The van der Waals surface area contributed by atoms with Crippen LogP contribution in [0.15, 0.2) is 42.7 Å². The summed E-state index contributed by atoms with van der Waals surface area (Å²) in [4.78, 5) is 8.66. The van der Waals surface area contributed by atoms with E-state index >= 15 is 0 Å². The molecule has 130 valence electrons. The van der Waals surface area contributed by atoms with Gasteiger partial charge in [-0.1, -0.05) is 17.7 Å². The van der Waals surface area contributed by atoms with Crippen molar-refractivity contribution in [2.45, 2.75) is 13.0 Å². The van der Waals surface area contributed by atoms with E-state index < -0.39 is 0 Å². The van der Waals surface area contributed by atoms with Crippen LogP contribution >= 0.6 is 11.6 Å². The van der Waals surface area contributed by atoms with Gasteiger partial charge in [-0.25, -0.2) is 9.97 Å². The van der Waals surface area contributed by atoms with Gasteiger partial charge in [-0.15, -0.1) is 0 Å². The average molecular weight is 359 g/mol. The third-order valence-electron chi connectivity index (χ3n) is 3.65. The SMILES string of the molecule is CNC[C@@H](C)Oc1cccc2ncnc(Nc3ccc(O)c(Cl)c3)c12. The highest BCUT2D eigenvalue weighted by Crippen LogP contribution is 2.33. The molecule has 0 amide bonds. The fourth-order valence-electron chi connectivity index (χ4n) is 2.54. The number of hydrogen-bond donors (Lipinski definition) is 3. The number of nitrogens with one attached hydrogen (secondary N) is 2. The van der Waals surface area contributed by atoms with Gasteiger partial charge in [-0.05, 0) is 44.3 Å². The van der Waals surface area contributed by atoms with E-state index in [9.17, 15) is 5.11 Å². The van der Waals surface area contributed by atoms with Crippen LogP contribution in [-0.4, -0.2) is 34.8 Å². The molecule has 0 aliphatic rings. The minimum absolute atomic E-state index is 0.00762. The summed E-state index contributed by atoms with van der Waals surface area (Å²) in [5, 5.41) is 16.9. The van der Waals surface area contributed by atoms with Gasteiger partial charge in [0.2, 0.25) is 0 Å². The molecule has 0 radical (unpaired) electrons. The average Bonchev–Trinajstić information content (AvgIpc) is 2.59. The highest BCUT2D eigenvalue weighted by Gasteiger charge is 2.13. The summed E-state index contributed by atoms with van der Waals surface area (Å²) in [5.74, 6) is 1.34. The van der Waals surface area contributed by atoms with E-state index in [0.717, 1.165) is 17.4 Å². The summed E-state index contributed by atoms with van der Waals surface area (Å²) >= 11 is 5.98. The summed E-state index contributed by atoms with van der Waals surface area (Å²) in [7, 11) is 1.88. The maximum absolute atomic E-state index is 9.56. The Labute approximate surface area is 150 Å². The molecule has 7 heteroatoms. The van der Waals surface area contributed by atoms with Crippen molar-refractivity contribution in [2.24, 2.45) is 0 Å². The van der Waals surface area contributed by atoms with Crippen LogP contribution in [0.25, 0.3) is 10.9 Å². The van der Waals surface area contributed by atoms with Gasteiger partial charge in [0, 0.05) is 12.2 Å². The van der Waals surface area contributed by atoms with Crippen molar-refractivity contribution in [3.05, 3.63) is 47.7 Å². The molecule has 0 unspecified atom stereocenters. The molecule has 1 heterocycles. The van der Waals surface area contributed by atoms with Gasteiger partial charge in [-0.2, -0.15) is 0 Å². The van der Waals surface area contributed by atoms with Crippen LogP contribution in [0.1, 0.15) is 6.92 Å². The molecule has 1 aromatic heterocycles. The van der Waals surface area contributed by atoms with Crippen molar-refractivity contribution in [3.8, 4) is 11.5 Å². The van der Waals surface area contributed by atoms with E-state index in [1.807, 2.05) is 32.2 Å². The number of ether oxygens (including phenoxy) is 1. The molecule has 0 bridgehead atoms. The normalized spacial score (nSPS) is 12.1. The lowest BCUT2D eigenvalue weighted by atomic mass is 10.2. The van der Waals surface area contributed by atoms with Crippen molar-refractivity contribution in [1.82, 2.24) is 15.3 Å². The lowest BCUT2D eigenvalue weighted by Crippen LogP contribution is -2.26. The van der Waals surface area contributed by atoms with Gasteiger partial charge < -0.3 is 20.5 Å². The molecule has 6 nitrogen and oxygen atoms in total. The van der Waals surface area contributed by atoms with E-state index in [0.29, 0.717) is 17.3 Å². The number of benzene rings is 2. The van der Waals surface area contributed by atoms with Gasteiger partial charge in [0.1, 0.15) is 29.7 Å². The Morgan fingerprint density at radius 2 is 2.08 bits per heavy atom. The minimum atomic E-state index is -0.00762. The summed E-state index contributed by atoms with van der Waals surface area (Å²) in [5.41, 5.74) is 1.48. The molecular weight excluding hydrogens is 340 g/mol. The molecule has 3 aromatic rings. The molecule has 3 N–H and O–H groups in total. The molecule has 0 aliphatic carbocycles. The van der Waals surface area contributed by atoms with E-state index in [2.05, 4.69) is 20.6 Å². The summed E-state index contributed by atoms with van der Waals surface area (Å²) in [6.45, 7) is 2.71. The number of halogens is 1. The zero-order valence-corrected chi connectivity index (χ0v) is 14.7. The Morgan fingerprint density at radius 1 is 1.24 bits per heavy atom. The third kappa shape index (κ3) is 3.92. The lowest BCUT2D eigenvalue weighted by molar-refractivity contribution is 0.223. The molecule has 0 saturated heterocycles. The molecule has 0 fully saturated rings. The van der Waals surface area contributed by atoms with Crippen LogP contribution < -0.4 is 15.4 Å². The van der Waals surface area contributed by atoms with Gasteiger partial charge in [0.15, 0.2) is 0 Å². The second-order valence-corrected chi connectivity index (χ2v) is 6.06. The number of fused-ring (bicyclic) bond motifs is 1. The predicted molar refractivity (Wildman–Crippen MR) is 100.0 cm³/mol. The third-order valence-corrected chi connectivity index (χ3v) is 3.96. The molecule has 2 aromatic carbocycles. The number of phenols is 1. The van der Waals surface area contributed by atoms with Crippen LogP contribution in [0.5, 0.6) is 11.5 Å². The van der Waals surface area contributed by atoms with E-state index in [4.69, 9.17) is 16.3 Å². The second-order valence-electron chi connectivity index (χ2n) is 5.65. The van der Waals surface area contributed by atoms with Crippen LogP contribution in [0, 0.1) is 0 Å². The number of aromatic hydroxyl groups is 1. The van der Waals surface area contributed by atoms with Gasteiger partial charge in [-0.3, -0.25) is 0 Å². The van der Waals surface area contributed by atoms with Crippen molar-refractivity contribution < 1.29 is 9.84 Å². The molecular formula is C18H19ClN4O2. The summed E-state index contributed by atoms with van der Waals surface area (Å²) in [6, 6.07) is 10.6. The van der Waals surface area contributed by atoms with Crippen LogP contribution in [0.4, 0.5) is 11.5 Å². The Bertz CT molecular complexity index is 883. The topological polar surface area (TPSA) is 79.3 Å². The van der Waals surface area contributed by atoms with Crippen molar-refractivity contribution in [1.29, 1.82) is 0 Å². The minimum Gasteiger partial charge on any atom is -0.506 e. The van der Waals surface area contributed by atoms with Gasteiger partial charge >= 0.3 is 0 Å². The largest absolute Gasteiger partial charge is 0.506 e. The Hall–Kier alpha value is -2.57. The monoisotopic (exact) mass is 358 g/mol. The Morgan fingerprint density at radius 3 is 2.84 bits per heavy atom. The number of aromatic nitrogens is 2. The first kappa shape index (κ1) is 17.3. The maximum atomic E-state index is 9.56. The molecule has 25 heavy (non-hydrogen) atoms. The van der Waals surface area contributed by atoms with Crippen molar-refractivity contribution in [3.63, 3.8) is 0 Å². The smallest absolute Gasteiger partial charge is 0.145 e. The fraction of sp³-hybridized carbons (Fsp3) is 0.222. The quantitative estimate of drug-likeness (QED) is 0.583. The van der Waals surface area contributed by atoms with Crippen LogP contribution in [0.2, 0.25) is 5.02 Å². The summed E-state index contributed by atoms with van der Waals surface area (Å²) in [6.07, 6.45) is 1.49. The highest BCUT2D eigenvalue weighted by atomic mass is 35.5. The standard InChI is InChI=1S/C18H19ClN4O2/c1-11(9-20-2)25-16-5-3-4-14-17(16)18(22-10-21-14)23-12-6-7-15(24)13(19)8-12/h3-8,10-11,20,24H,9H2,1-2H3,(H,21,22,23)/t11-/m1/s1. The number of hydrogen-bond acceptors (Lipinski definition) is 6. The van der Waals surface area contributed by atoms with Gasteiger partial charge in [0.25, 0.3) is 0 Å². The number of phenolic OH excluding ortho intramolecular Hbond substituents is 1. The molecule has 0 aliphatic heterocycles. The van der Waals surface area contributed by atoms with Crippen LogP contribution in [-0.2, 0) is 0 Å². The van der Waals surface area contributed by atoms with Crippen LogP contribution in [0.3, 0.4) is 0 Å². The molecule has 3 rings (SSSR count). The summed E-state index contributed by atoms with van der Waals surface area (Å²) < 4.78 is 6.04.